The fourth-order valence-electron chi connectivity index (χ4n) is 3.03. The molecular weight excluding hydrogens is 388 g/mol. The van der Waals surface area contributed by atoms with E-state index in [0.29, 0.717) is 33.2 Å². The number of anilines is 1. The number of furan rings is 1. The van der Waals surface area contributed by atoms with Gasteiger partial charge < -0.3 is 4.42 Å². The summed E-state index contributed by atoms with van der Waals surface area (Å²) in [6, 6.07) is 5.44. The lowest BCUT2D eigenvalue weighted by molar-refractivity contribution is 0.102. The van der Waals surface area contributed by atoms with Gasteiger partial charge in [0.2, 0.25) is 5.13 Å². The first-order valence-electron chi connectivity index (χ1n) is 9.62. The van der Waals surface area contributed by atoms with Gasteiger partial charge in [-0.25, -0.2) is 9.67 Å². The van der Waals surface area contributed by atoms with Crippen molar-refractivity contribution in [2.45, 2.75) is 46.1 Å². The second-order valence-electron chi connectivity index (χ2n) is 7.01. The molecule has 8 nitrogen and oxygen atoms in total. The van der Waals surface area contributed by atoms with Crippen LogP contribution >= 0.6 is 11.3 Å². The van der Waals surface area contributed by atoms with Crippen LogP contribution in [-0.2, 0) is 6.42 Å². The molecule has 150 valence electrons. The highest BCUT2D eigenvalue weighted by Gasteiger charge is 2.20. The predicted molar refractivity (Wildman–Crippen MR) is 112 cm³/mol. The smallest absolute Gasteiger partial charge is 0.258 e. The van der Waals surface area contributed by atoms with Gasteiger partial charge in [-0.15, -0.1) is 10.2 Å². The van der Waals surface area contributed by atoms with Crippen molar-refractivity contribution in [1.82, 2.24) is 25.0 Å². The summed E-state index contributed by atoms with van der Waals surface area (Å²) in [7, 11) is 0. The Hall–Kier alpha value is -3.07. The van der Waals surface area contributed by atoms with Crippen LogP contribution in [0, 0.1) is 0 Å². The SMILES string of the molecule is CCCCc1nnc(NC(=O)c2cc(-c3ccco3)nc3c2cnn3C(C)C)s1. The molecule has 0 atom stereocenters. The van der Waals surface area contributed by atoms with E-state index in [0.717, 1.165) is 24.3 Å². The van der Waals surface area contributed by atoms with Gasteiger partial charge >= 0.3 is 0 Å². The maximum atomic E-state index is 13.1. The van der Waals surface area contributed by atoms with Crippen LogP contribution in [0.2, 0.25) is 0 Å². The molecule has 0 saturated carbocycles. The molecule has 0 spiro atoms. The molecule has 0 bridgehead atoms. The summed E-state index contributed by atoms with van der Waals surface area (Å²) in [6.07, 6.45) is 6.27. The van der Waals surface area contributed by atoms with E-state index in [-0.39, 0.29) is 11.9 Å². The van der Waals surface area contributed by atoms with Crippen LogP contribution in [-0.4, -0.2) is 30.9 Å². The Morgan fingerprint density at radius 2 is 2.21 bits per heavy atom. The molecule has 1 amide bonds. The van der Waals surface area contributed by atoms with Crippen molar-refractivity contribution in [3.8, 4) is 11.5 Å². The lowest BCUT2D eigenvalue weighted by Crippen LogP contribution is -2.13. The lowest BCUT2D eigenvalue weighted by atomic mass is 10.1. The lowest BCUT2D eigenvalue weighted by Gasteiger charge is -2.09. The van der Waals surface area contributed by atoms with Gasteiger partial charge in [0.05, 0.1) is 23.4 Å². The van der Waals surface area contributed by atoms with Crippen LogP contribution in [0.4, 0.5) is 5.13 Å². The predicted octanol–water partition coefficient (Wildman–Crippen LogP) is 4.72. The first kappa shape index (κ1) is 19.3. The topological polar surface area (TPSA) is 98.7 Å². The van der Waals surface area contributed by atoms with Gasteiger partial charge in [-0.1, -0.05) is 24.7 Å². The molecule has 0 aliphatic carbocycles. The average molecular weight is 411 g/mol. The number of aryl methyl sites for hydroxylation is 1. The number of nitrogens with one attached hydrogen (secondary N) is 1. The summed E-state index contributed by atoms with van der Waals surface area (Å²) in [5, 5.41) is 17.6. The Morgan fingerprint density at radius 1 is 1.34 bits per heavy atom. The maximum Gasteiger partial charge on any atom is 0.258 e. The Balaban J connectivity index is 1.71. The number of fused-ring (bicyclic) bond motifs is 1. The van der Waals surface area contributed by atoms with Crippen LogP contribution in [0.3, 0.4) is 0 Å². The third-order valence-corrected chi connectivity index (χ3v) is 5.40. The summed E-state index contributed by atoms with van der Waals surface area (Å²) in [5.74, 6) is 0.321. The summed E-state index contributed by atoms with van der Waals surface area (Å²) in [4.78, 5) is 17.8. The van der Waals surface area contributed by atoms with Gasteiger partial charge in [-0.2, -0.15) is 5.10 Å². The molecule has 29 heavy (non-hydrogen) atoms. The number of hydrogen-bond acceptors (Lipinski definition) is 7. The summed E-state index contributed by atoms with van der Waals surface area (Å²) >= 11 is 1.40. The normalized spacial score (nSPS) is 11.4. The van der Waals surface area contributed by atoms with Crippen molar-refractivity contribution < 1.29 is 9.21 Å². The zero-order valence-corrected chi connectivity index (χ0v) is 17.4. The number of carbonyl (C=O) groups is 1. The third kappa shape index (κ3) is 3.91. The fourth-order valence-corrected chi connectivity index (χ4v) is 3.81. The summed E-state index contributed by atoms with van der Waals surface area (Å²) in [6.45, 7) is 6.17. The monoisotopic (exact) mass is 410 g/mol. The molecular formula is C20H22N6O2S. The first-order valence-corrected chi connectivity index (χ1v) is 10.4. The summed E-state index contributed by atoms with van der Waals surface area (Å²) in [5.41, 5.74) is 1.69. The van der Waals surface area contributed by atoms with Crippen LogP contribution in [0.25, 0.3) is 22.5 Å². The number of rotatable bonds is 7. The van der Waals surface area contributed by atoms with Crippen molar-refractivity contribution in [1.29, 1.82) is 0 Å². The van der Waals surface area contributed by atoms with E-state index >= 15 is 0 Å². The zero-order chi connectivity index (χ0) is 20.4. The van der Waals surface area contributed by atoms with Crippen LogP contribution < -0.4 is 5.32 Å². The highest BCUT2D eigenvalue weighted by Crippen LogP contribution is 2.27. The van der Waals surface area contributed by atoms with Crippen molar-refractivity contribution in [3.05, 3.63) is 41.2 Å². The molecule has 0 aromatic carbocycles. The molecule has 0 fully saturated rings. The molecule has 0 saturated heterocycles. The number of amides is 1. The molecule has 4 heterocycles. The minimum absolute atomic E-state index is 0.104. The number of nitrogens with zero attached hydrogens (tertiary/aromatic N) is 5. The van der Waals surface area contributed by atoms with E-state index in [1.165, 1.54) is 11.3 Å². The Labute approximate surface area is 172 Å². The van der Waals surface area contributed by atoms with Crippen molar-refractivity contribution >= 4 is 33.4 Å². The Morgan fingerprint density at radius 3 is 2.93 bits per heavy atom. The minimum atomic E-state index is -0.272. The number of aromatic nitrogens is 5. The van der Waals surface area contributed by atoms with Crippen LogP contribution in [0.15, 0.2) is 35.1 Å². The number of pyridine rings is 1. The second-order valence-corrected chi connectivity index (χ2v) is 8.07. The van der Waals surface area contributed by atoms with E-state index in [2.05, 4.69) is 32.5 Å². The van der Waals surface area contributed by atoms with Crippen LogP contribution in [0.5, 0.6) is 0 Å². The van der Waals surface area contributed by atoms with Crippen LogP contribution in [0.1, 0.15) is 55.0 Å². The molecule has 0 unspecified atom stereocenters. The summed E-state index contributed by atoms with van der Waals surface area (Å²) < 4.78 is 7.29. The molecule has 0 aliphatic heterocycles. The fraction of sp³-hybridized carbons (Fsp3) is 0.350. The highest BCUT2D eigenvalue weighted by molar-refractivity contribution is 7.15. The first-order chi connectivity index (χ1) is 14.1. The average Bonchev–Trinajstić information content (AvgIpc) is 3.45. The number of carbonyl (C=O) groups excluding carboxylic acids is 1. The molecule has 4 aromatic heterocycles. The molecule has 1 N–H and O–H groups in total. The van der Waals surface area contributed by atoms with E-state index in [1.54, 1.807) is 29.3 Å². The van der Waals surface area contributed by atoms with E-state index in [9.17, 15) is 4.79 Å². The standard InChI is InChI=1S/C20H22N6O2S/c1-4-5-8-17-24-25-20(29-17)23-19(27)13-10-15(16-7-6-9-28-16)22-18-14(13)11-21-26(18)12(2)3/h6-7,9-12H,4-5,8H2,1-3H3,(H,23,25,27). The minimum Gasteiger partial charge on any atom is -0.463 e. The highest BCUT2D eigenvalue weighted by atomic mass is 32.1. The maximum absolute atomic E-state index is 13.1. The number of hydrogen-bond donors (Lipinski definition) is 1. The van der Waals surface area contributed by atoms with Crippen molar-refractivity contribution in [2.75, 3.05) is 5.32 Å². The van der Waals surface area contributed by atoms with Gasteiger partial charge in [0.1, 0.15) is 10.7 Å². The second kappa shape index (κ2) is 8.12. The molecule has 9 heteroatoms. The van der Waals surface area contributed by atoms with Gasteiger partial charge in [0.25, 0.3) is 5.91 Å². The number of unbranched alkanes of at least 4 members (excludes halogenated alkanes) is 1. The zero-order valence-electron chi connectivity index (χ0n) is 16.5. The quantitative estimate of drug-likeness (QED) is 0.473. The third-order valence-electron chi connectivity index (χ3n) is 4.51. The van der Waals surface area contributed by atoms with Gasteiger partial charge in [0, 0.05) is 12.5 Å². The Kier molecular flexibility index (Phi) is 5.39. The van der Waals surface area contributed by atoms with E-state index in [4.69, 9.17) is 4.42 Å². The van der Waals surface area contributed by atoms with E-state index in [1.807, 2.05) is 19.9 Å². The van der Waals surface area contributed by atoms with Crippen molar-refractivity contribution in [3.63, 3.8) is 0 Å². The Bertz CT molecular complexity index is 1130. The molecule has 4 rings (SSSR count). The molecule has 0 radical (unpaired) electrons. The van der Waals surface area contributed by atoms with Gasteiger partial charge in [-0.3, -0.25) is 10.1 Å². The molecule has 0 aliphatic rings. The van der Waals surface area contributed by atoms with Gasteiger partial charge in [0.15, 0.2) is 11.4 Å². The largest absolute Gasteiger partial charge is 0.463 e. The van der Waals surface area contributed by atoms with Gasteiger partial charge in [-0.05, 0) is 38.5 Å². The van der Waals surface area contributed by atoms with Crippen molar-refractivity contribution in [2.24, 2.45) is 0 Å². The molecule has 4 aromatic rings. The van der Waals surface area contributed by atoms with E-state index < -0.39 is 0 Å².